The third-order valence-corrected chi connectivity index (χ3v) is 9.83. The highest BCUT2D eigenvalue weighted by Crippen LogP contribution is 2.38. The summed E-state index contributed by atoms with van der Waals surface area (Å²) in [6.45, 7) is 17.2. The zero-order valence-corrected chi connectivity index (χ0v) is 21.4. The van der Waals surface area contributed by atoms with Gasteiger partial charge in [0.25, 0.3) is 0 Å². The highest BCUT2D eigenvalue weighted by molar-refractivity contribution is 6.74. The summed E-state index contributed by atoms with van der Waals surface area (Å²) in [5.41, 5.74) is 1.57. The maximum Gasteiger partial charge on any atom is 0.306 e. The van der Waals surface area contributed by atoms with Crippen molar-refractivity contribution < 1.29 is 18.7 Å². The van der Waals surface area contributed by atoms with Crippen molar-refractivity contribution in [3.63, 3.8) is 0 Å². The number of aryl methyl sites for hydroxylation is 1. The lowest BCUT2D eigenvalue weighted by Crippen LogP contribution is -2.43. The summed E-state index contributed by atoms with van der Waals surface area (Å²) in [5.74, 6) is 1.39. The SMILES string of the molecule is CC(C)(C)OC(=O)CCc1cc(O[Si](C)(C)C(C)(C)C)ccc1OCc1ccccc1. The van der Waals surface area contributed by atoms with Crippen molar-refractivity contribution in [3.05, 3.63) is 59.7 Å². The zero-order chi connectivity index (χ0) is 23.3. The fourth-order valence-electron chi connectivity index (χ4n) is 2.77. The molecule has 31 heavy (non-hydrogen) atoms. The van der Waals surface area contributed by atoms with E-state index in [9.17, 15) is 4.79 Å². The molecule has 0 aliphatic carbocycles. The maximum absolute atomic E-state index is 12.3. The van der Waals surface area contributed by atoms with E-state index in [0.717, 1.165) is 22.6 Å². The van der Waals surface area contributed by atoms with Crippen LogP contribution in [0.15, 0.2) is 48.5 Å². The second-order valence-electron chi connectivity index (χ2n) is 10.5. The number of rotatable bonds is 8. The van der Waals surface area contributed by atoms with Crippen LogP contribution in [0.5, 0.6) is 11.5 Å². The molecule has 0 radical (unpaired) electrons. The molecule has 0 aliphatic heterocycles. The number of carbonyl (C=O) groups excluding carboxylic acids is 1. The molecule has 0 spiro atoms. The standard InChI is InChI=1S/C26H38O4Si/c1-25(2,3)29-24(27)17-14-21-18-22(30-31(7,8)26(4,5)6)15-16-23(21)28-19-20-12-10-9-11-13-20/h9-13,15-16,18H,14,17,19H2,1-8H3. The molecule has 0 unspecified atom stereocenters. The Morgan fingerprint density at radius 3 is 2.16 bits per heavy atom. The molecule has 0 fully saturated rings. The Morgan fingerprint density at radius 2 is 1.58 bits per heavy atom. The summed E-state index contributed by atoms with van der Waals surface area (Å²) in [5, 5.41) is 0.103. The molecule has 2 aromatic carbocycles. The van der Waals surface area contributed by atoms with Gasteiger partial charge in [-0.2, -0.15) is 0 Å². The molecule has 2 rings (SSSR count). The first-order chi connectivity index (χ1) is 14.3. The number of esters is 1. The molecule has 0 aliphatic rings. The highest BCUT2D eigenvalue weighted by Gasteiger charge is 2.39. The molecule has 0 aromatic heterocycles. The van der Waals surface area contributed by atoms with Gasteiger partial charge in [-0.05, 0) is 74.7 Å². The predicted octanol–water partition coefficient (Wildman–Crippen LogP) is 6.92. The van der Waals surface area contributed by atoms with E-state index in [1.54, 1.807) is 0 Å². The van der Waals surface area contributed by atoms with Crippen molar-refractivity contribution in [1.82, 2.24) is 0 Å². The lowest BCUT2D eigenvalue weighted by atomic mass is 10.1. The molecule has 2 aromatic rings. The molecule has 0 bridgehead atoms. The van der Waals surface area contributed by atoms with Gasteiger partial charge in [0.15, 0.2) is 0 Å². The smallest absolute Gasteiger partial charge is 0.306 e. The number of hydrogen-bond donors (Lipinski definition) is 0. The van der Waals surface area contributed by atoms with E-state index in [1.165, 1.54) is 0 Å². The lowest BCUT2D eigenvalue weighted by Gasteiger charge is -2.36. The third kappa shape index (κ3) is 8.06. The summed E-state index contributed by atoms with van der Waals surface area (Å²) in [6, 6.07) is 16.0. The molecular weight excluding hydrogens is 404 g/mol. The van der Waals surface area contributed by atoms with E-state index < -0.39 is 13.9 Å². The maximum atomic E-state index is 12.3. The number of carbonyl (C=O) groups is 1. The van der Waals surface area contributed by atoms with Crippen LogP contribution in [0.1, 0.15) is 59.1 Å². The molecule has 4 nitrogen and oxygen atoms in total. The van der Waals surface area contributed by atoms with Crippen LogP contribution in [0.2, 0.25) is 18.1 Å². The van der Waals surface area contributed by atoms with Crippen LogP contribution < -0.4 is 9.16 Å². The predicted molar refractivity (Wildman–Crippen MR) is 129 cm³/mol. The normalized spacial score (nSPS) is 12.4. The van der Waals surface area contributed by atoms with E-state index in [1.807, 2.05) is 69.3 Å². The Morgan fingerprint density at radius 1 is 0.935 bits per heavy atom. The molecular formula is C26H38O4Si. The van der Waals surface area contributed by atoms with Crippen molar-refractivity contribution in [3.8, 4) is 11.5 Å². The van der Waals surface area contributed by atoms with Crippen molar-refractivity contribution in [2.45, 2.75) is 84.7 Å². The highest BCUT2D eigenvalue weighted by atomic mass is 28.4. The summed E-state index contributed by atoms with van der Waals surface area (Å²) in [6.07, 6.45) is 0.830. The Hall–Kier alpha value is -2.27. The van der Waals surface area contributed by atoms with Gasteiger partial charge in [-0.25, -0.2) is 0 Å². The van der Waals surface area contributed by atoms with Gasteiger partial charge in [-0.1, -0.05) is 51.1 Å². The lowest BCUT2D eigenvalue weighted by molar-refractivity contribution is -0.154. The van der Waals surface area contributed by atoms with Crippen LogP contribution in [0.4, 0.5) is 0 Å². The minimum atomic E-state index is -1.97. The second-order valence-corrected chi connectivity index (χ2v) is 15.2. The molecule has 5 heteroatoms. The average molecular weight is 443 g/mol. The van der Waals surface area contributed by atoms with Crippen LogP contribution in [0, 0.1) is 0 Å². The van der Waals surface area contributed by atoms with Gasteiger partial charge in [0.2, 0.25) is 8.32 Å². The van der Waals surface area contributed by atoms with Gasteiger partial charge in [-0.3, -0.25) is 4.79 Å². The van der Waals surface area contributed by atoms with Gasteiger partial charge in [0, 0.05) is 6.42 Å². The zero-order valence-electron chi connectivity index (χ0n) is 20.4. The second kappa shape index (κ2) is 9.90. The Balaban J connectivity index is 2.21. The van der Waals surface area contributed by atoms with Crippen LogP contribution in [0.3, 0.4) is 0 Å². The summed E-state index contributed by atoms with van der Waals surface area (Å²) < 4.78 is 18.1. The largest absolute Gasteiger partial charge is 0.543 e. The molecule has 0 atom stereocenters. The van der Waals surface area contributed by atoms with Crippen molar-refractivity contribution >= 4 is 14.3 Å². The van der Waals surface area contributed by atoms with Gasteiger partial charge in [0.05, 0.1) is 0 Å². The summed E-state index contributed by atoms with van der Waals surface area (Å²) >= 11 is 0. The van der Waals surface area contributed by atoms with Crippen LogP contribution >= 0.6 is 0 Å². The van der Waals surface area contributed by atoms with Crippen molar-refractivity contribution in [2.24, 2.45) is 0 Å². The fourth-order valence-corrected chi connectivity index (χ4v) is 3.79. The third-order valence-electron chi connectivity index (χ3n) is 5.47. The van der Waals surface area contributed by atoms with Gasteiger partial charge in [0.1, 0.15) is 23.7 Å². The van der Waals surface area contributed by atoms with E-state index in [0.29, 0.717) is 19.4 Å². The Bertz CT molecular complexity index is 861. The van der Waals surface area contributed by atoms with Crippen LogP contribution in [-0.4, -0.2) is 19.9 Å². The van der Waals surface area contributed by atoms with Crippen molar-refractivity contribution in [1.29, 1.82) is 0 Å². The molecule has 0 saturated heterocycles. The first-order valence-corrected chi connectivity index (χ1v) is 13.9. The van der Waals surface area contributed by atoms with E-state index in [-0.39, 0.29) is 11.0 Å². The van der Waals surface area contributed by atoms with Crippen molar-refractivity contribution in [2.75, 3.05) is 0 Å². The minimum absolute atomic E-state index is 0.103. The average Bonchev–Trinajstić information content (AvgIpc) is 2.64. The Labute approximate surface area is 189 Å². The first-order valence-electron chi connectivity index (χ1n) is 11.0. The molecule has 170 valence electrons. The van der Waals surface area contributed by atoms with E-state index in [4.69, 9.17) is 13.9 Å². The fraction of sp³-hybridized carbons (Fsp3) is 0.500. The number of hydrogen-bond acceptors (Lipinski definition) is 4. The molecule has 0 saturated carbocycles. The van der Waals surface area contributed by atoms with E-state index in [2.05, 4.69) is 33.9 Å². The van der Waals surface area contributed by atoms with E-state index >= 15 is 0 Å². The van der Waals surface area contributed by atoms with Crippen LogP contribution in [0.25, 0.3) is 0 Å². The number of benzene rings is 2. The van der Waals surface area contributed by atoms with Gasteiger partial charge >= 0.3 is 5.97 Å². The first kappa shape index (κ1) is 25.0. The molecule has 0 N–H and O–H groups in total. The molecule has 0 heterocycles. The summed E-state index contributed by atoms with van der Waals surface area (Å²) in [4.78, 5) is 12.3. The quantitative estimate of drug-likeness (QED) is 0.329. The Kier molecular flexibility index (Phi) is 7.98. The van der Waals surface area contributed by atoms with Crippen LogP contribution in [-0.2, 0) is 22.6 Å². The topological polar surface area (TPSA) is 44.8 Å². The van der Waals surface area contributed by atoms with Gasteiger partial charge in [-0.15, -0.1) is 0 Å². The summed E-state index contributed by atoms with van der Waals surface area (Å²) in [7, 11) is -1.97. The number of ether oxygens (including phenoxy) is 2. The monoisotopic (exact) mass is 442 g/mol. The van der Waals surface area contributed by atoms with Gasteiger partial charge < -0.3 is 13.9 Å². The molecule has 0 amide bonds. The minimum Gasteiger partial charge on any atom is -0.543 e.